The quantitative estimate of drug-likeness (QED) is 0.874. The molecule has 1 fully saturated rings. The summed E-state index contributed by atoms with van der Waals surface area (Å²) in [6, 6.07) is 6.00. The molecule has 1 aromatic carbocycles. The summed E-state index contributed by atoms with van der Waals surface area (Å²) in [7, 11) is -0.647. The molecule has 0 bridgehead atoms. The Morgan fingerprint density at radius 3 is 2.59 bits per heavy atom. The molecule has 0 spiro atoms. The first kappa shape index (κ1) is 12.6. The summed E-state index contributed by atoms with van der Waals surface area (Å²) in [5.74, 6) is 1.86. The minimum Gasteiger partial charge on any atom is -0.508 e. The smallest absolute Gasteiger partial charge is 0.120 e. The molecule has 1 unspecified atom stereocenters. The minimum atomic E-state index is -0.647. The summed E-state index contributed by atoms with van der Waals surface area (Å²) in [4.78, 5) is 2.28. The molecular weight excluding hydrogens is 234 g/mol. The van der Waals surface area contributed by atoms with Gasteiger partial charge in [-0.25, -0.2) is 0 Å². The van der Waals surface area contributed by atoms with E-state index in [1.165, 1.54) is 0 Å². The molecule has 0 amide bonds. The zero-order valence-electron chi connectivity index (χ0n) is 10.3. The average molecular weight is 253 g/mol. The number of phenolic OH excluding ortho intramolecular Hbond substituents is 1. The summed E-state index contributed by atoms with van der Waals surface area (Å²) < 4.78 is 11.3. The highest BCUT2D eigenvalue weighted by atomic mass is 32.2. The molecule has 1 N–H and O–H groups in total. The third-order valence-electron chi connectivity index (χ3n) is 3.40. The molecule has 17 heavy (non-hydrogen) atoms. The van der Waals surface area contributed by atoms with E-state index in [1.54, 1.807) is 6.07 Å². The van der Waals surface area contributed by atoms with Crippen LogP contribution in [0, 0.1) is 6.92 Å². The van der Waals surface area contributed by atoms with E-state index in [2.05, 4.69) is 11.8 Å². The van der Waals surface area contributed by atoms with E-state index in [9.17, 15) is 9.32 Å². The van der Waals surface area contributed by atoms with Crippen LogP contribution in [0.1, 0.15) is 24.1 Å². The van der Waals surface area contributed by atoms with Gasteiger partial charge in [-0.05, 0) is 25.5 Å². The van der Waals surface area contributed by atoms with E-state index in [1.807, 2.05) is 19.1 Å². The molecule has 0 radical (unpaired) electrons. The lowest BCUT2D eigenvalue weighted by Gasteiger charge is -2.32. The van der Waals surface area contributed by atoms with Crippen molar-refractivity contribution in [3.63, 3.8) is 0 Å². The molecule has 0 aromatic heterocycles. The van der Waals surface area contributed by atoms with Crippen LogP contribution in [0.15, 0.2) is 18.2 Å². The third kappa shape index (κ3) is 2.87. The zero-order chi connectivity index (χ0) is 12.4. The fourth-order valence-corrected chi connectivity index (χ4v) is 3.32. The Hall–Kier alpha value is -0.870. The van der Waals surface area contributed by atoms with E-state index in [-0.39, 0.29) is 6.04 Å². The van der Waals surface area contributed by atoms with Crippen LogP contribution in [0.4, 0.5) is 0 Å². The van der Waals surface area contributed by atoms with E-state index in [0.717, 1.165) is 35.7 Å². The standard InChI is InChI=1S/C13H19NO2S/c1-10-3-4-12(13(15)9-10)11(2)14-5-7-17(16)8-6-14/h3-4,9,11,15H,5-8H2,1-2H3. The number of aryl methyl sites for hydroxylation is 1. The molecule has 0 saturated carbocycles. The topological polar surface area (TPSA) is 40.5 Å². The highest BCUT2D eigenvalue weighted by Gasteiger charge is 2.22. The first-order valence-electron chi connectivity index (χ1n) is 5.96. The lowest BCUT2D eigenvalue weighted by molar-refractivity contribution is 0.227. The lowest BCUT2D eigenvalue weighted by atomic mass is 10.0. The minimum absolute atomic E-state index is 0.188. The summed E-state index contributed by atoms with van der Waals surface area (Å²) >= 11 is 0. The van der Waals surface area contributed by atoms with Crippen molar-refractivity contribution in [1.29, 1.82) is 0 Å². The summed E-state index contributed by atoms with van der Waals surface area (Å²) in [5, 5.41) is 9.96. The Kier molecular flexibility index (Phi) is 3.84. The monoisotopic (exact) mass is 253 g/mol. The fourth-order valence-electron chi connectivity index (χ4n) is 2.24. The van der Waals surface area contributed by atoms with E-state index in [4.69, 9.17) is 0 Å². The van der Waals surface area contributed by atoms with E-state index in [0.29, 0.717) is 5.75 Å². The number of aromatic hydroxyl groups is 1. The average Bonchev–Trinajstić information content (AvgIpc) is 2.29. The van der Waals surface area contributed by atoms with Gasteiger partial charge in [0.25, 0.3) is 0 Å². The van der Waals surface area contributed by atoms with Crippen molar-refractivity contribution < 1.29 is 9.32 Å². The van der Waals surface area contributed by atoms with Crippen LogP contribution in [0.25, 0.3) is 0 Å². The molecule has 94 valence electrons. The predicted molar refractivity (Wildman–Crippen MR) is 70.7 cm³/mol. The fraction of sp³-hybridized carbons (Fsp3) is 0.538. The van der Waals surface area contributed by atoms with Gasteiger partial charge in [0.1, 0.15) is 5.75 Å². The summed E-state index contributed by atoms with van der Waals surface area (Å²) in [6.45, 7) is 5.76. The van der Waals surface area contributed by atoms with Crippen molar-refractivity contribution >= 4 is 10.8 Å². The van der Waals surface area contributed by atoms with Crippen molar-refractivity contribution in [3.8, 4) is 5.75 Å². The van der Waals surface area contributed by atoms with Crippen LogP contribution in [-0.2, 0) is 10.8 Å². The van der Waals surface area contributed by atoms with Gasteiger partial charge in [0, 0.05) is 47.0 Å². The Morgan fingerprint density at radius 1 is 1.35 bits per heavy atom. The SMILES string of the molecule is Cc1ccc(C(C)N2CCS(=O)CC2)c(O)c1. The molecule has 4 heteroatoms. The third-order valence-corrected chi connectivity index (χ3v) is 4.67. The van der Waals surface area contributed by atoms with Gasteiger partial charge in [-0.1, -0.05) is 12.1 Å². The van der Waals surface area contributed by atoms with Gasteiger partial charge in [-0.3, -0.25) is 9.11 Å². The summed E-state index contributed by atoms with van der Waals surface area (Å²) in [5.41, 5.74) is 2.03. The number of rotatable bonds is 2. The first-order valence-corrected chi connectivity index (χ1v) is 7.45. The second kappa shape index (κ2) is 5.19. The van der Waals surface area contributed by atoms with Gasteiger partial charge in [0.2, 0.25) is 0 Å². The van der Waals surface area contributed by atoms with Gasteiger partial charge in [-0.2, -0.15) is 0 Å². The maximum Gasteiger partial charge on any atom is 0.120 e. The molecule has 1 aliphatic heterocycles. The predicted octanol–water partition coefficient (Wildman–Crippen LogP) is 1.83. The van der Waals surface area contributed by atoms with Crippen LogP contribution in [0.2, 0.25) is 0 Å². The normalized spacial score (nSPS) is 20.4. The van der Waals surface area contributed by atoms with Crippen LogP contribution < -0.4 is 0 Å². The number of nitrogens with zero attached hydrogens (tertiary/aromatic N) is 1. The van der Waals surface area contributed by atoms with Crippen LogP contribution >= 0.6 is 0 Å². The van der Waals surface area contributed by atoms with Crippen LogP contribution in [0.3, 0.4) is 0 Å². The van der Waals surface area contributed by atoms with Crippen LogP contribution in [0.5, 0.6) is 5.75 Å². The highest BCUT2D eigenvalue weighted by molar-refractivity contribution is 7.85. The molecular formula is C13H19NO2S. The van der Waals surface area contributed by atoms with Crippen molar-refractivity contribution in [2.24, 2.45) is 0 Å². The Bertz CT molecular complexity index is 423. The Labute approximate surface area is 105 Å². The van der Waals surface area contributed by atoms with Crippen LogP contribution in [-0.4, -0.2) is 38.8 Å². The molecule has 1 saturated heterocycles. The maximum absolute atomic E-state index is 11.3. The lowest BCUT2D eigenvalue weighted by Crippen LogP contribution is -2.39. The van der Waals surface area contributed by atoms with Gasteiger partial charge >= 0.3 is 0 Å². The number of phenols is 1. The van der Waals surface area contributed by atoms with Gasteiger partial charge in [0.05, 0.1) is 0 Å². The van der Waals surface area contributed by atoms with Crippen molar-refractivity contribution in [2.75, 3.05) is 24.6 Å². The Morgan fingerprint density at radius 2 is 2.00 bits per heavy atom. The second-order valence-electron chi connectivity index (χ2n) is 4.62. The van der Waals surface area contributed by atoms with E-state index >= 15 is 0 Å². The van der Waals surface area contributed by atoms with Crippen molar-refractivity contribution in [1.82, 2.24) is 4.90 Å². The molecule has 1 aromatic rings. The summed E-state index contributed by atoms with van der Waals surface area (Å²) in [6.07, 6.45) is 0. The van der Waals surface area contributed by atoms with Gasteiger partial charge in [-0.15, -0.1) is 0 Å². The first-order chi connectivity index (χ1) is 8.08. The molecule has 0 aliphatic carbocycles. The van der Waals surface area contributed by atoms with Crippen molar-refractivity contribution in [3.05, 3.63) is 29.3 Å². The Balaban J connectivity index is 2.13. The van der Waals surface area contributed by atoms with Crippen molar-refractivity contribution in [2.45, 2.75) is 19.9 Å². The second-order valence-corrected chi connectivity index (χ2v) is 6.32. The number of hydrogen-bond acceptors (Lipinski definition) is 3. The molecule has 1 atom stereocenters. The zero-order valence-corrected chi connectivity index (χ0v) is 11.2. The molecule has 1 heterocycles. The molecule has 3 nitrogen and oxygen atoms in total. The molecule has 1 aliphatic rings. The largest absolute Gasteiger partial charge is 0.508 e. The molecule has 2 rings (SSSR count). The number of hydrogen-bond donors (Lipinski definition) is 1. The highest BCUT2D eigenvalue weighted by Crippen LogP contribution is 2.29. The van der Waals surface area contributed by atoms with Gasteiger partial charge in [0.15, 0.2) is 0 Å². The van der Waals surface area contributed by atoms with Gasteiger partial charge < -0.3 is 5.11 Å². The maximum atomic E-state index is 11.3. The van der Waals surface area contributed by atoms with E-state index < -0.39 is 10.8 Å². The number of benzene rings is 1.